The third-order valence-corrected chi connectivity index (χ3v) is 5.09. The summed E-state index contributed by atoms with van der Waals surface area (Å²) in [7, 11) is 1.89. The Kier molecular flexibility index (Phi) is 5.79. The molecule has 0 radical (unpaired) electrons. The van der Waals surface area contributed by atoms with E-state index < -0.39 is 0 Å². The van der Waals surface area contributed by atoms with E-state index in [1.165, 1.54) is 0 Å². The molecule has 0 spiro atoms. The molecule has 0 unspecified atom stereocenters. The van der Waals surface area contributed by atoms with Crippen LogP contribution >= 0.6 is 0 Å². The Morgan fingerprint density at radius 3 is 2.65 bits per heavy atom. The van der Waals surface area contributed by atoms with E-state index in [1.807, 2.05) is 62.0 Å². The van der Waals surface area contributed by atoms with Crippen LogP contribution in [0.25, 0.3) is 11.3 Å². The third kappa shape index (κ3) is 4.63. The minimum absolute atomic E-state index is 0.213. The number of pyridine rings is 1. The number of aromatic nitrogens is 5. The molecule has 0 bridgehead atoms. The summed E-state index contributed by atoms with van der Waals surface area (Å²) in [5.74, 6) is 0.550. The summed E-state index contributed by atoms with van der Waals surface area (Å²) in [5.41, 5.74) is 5.93. The molecule has 4 rings (SSSR count). The van der Waals surface area contributed by atoms with Gasteiger partial charge in [-0.25, -0.2) is 0 Å². The second kappa shape index (κ2) is 8.83. The van der Waals surface area contributed by atoms with Crippen LogP contribution in [0.1, 0.15) is 33.0 Å². The van der Waals surface area contributed by atoms with Crippen molar-refractivity contribution in [1.29, 1.82) is 0 Å². The number of nitrogens with zero attached hydrogens (tertiary/aromatic N) is 4. The van der Waals surface area contributed by atoms with Crippen molar-refractivity contribution in [2.45, 2.75) is 27.0 Å². The van der Waals surface area contributed by atoms with Crippen LogP contribution in [-0.2, 0) is 20.2 Å². The van der Waals surface area contributed by atoms with Crippen molar-refractivity contribution < 1.29 is 9.53 Å². The zero-order valence-electron chi connectivity index (χ0n) is 17.7. The molecule has 2 N–H and O–H groups in total. The van der Waals surface area contributed by atoms with Gasteiger partial charge in [0.25, 0.3) is 5.91 Å². The van der Waals surface area contributed by atoms with Gasteiger partial charge in [0, 0.05) is 42.8 Å². The van der Waals surface area contributed by atoms with Gasteiger partial charge in [-0.05, 0) is 43.7 Å². The topological polar surface area (TPSA) is 97.7 Å². The highest BCUT2D eigenvalue weighted by atomic mass is 16.5. The van der Waals surface area contributed by atoms with E-state index in [9.17, 15) is 4.79 Å². The van der Waals surface area contributed by atoms with Crippen LogP contribution in [0.15, 0.2) is 54.9 Å². The number of nitrogens with one attached hydrogen (secondary N) is 2. The summed E-state index contributed by atoms with van der Waals surface area (Å²) in [6, 6.07) is 13.2. The number of ether oxygens (including phenoxy) is 1. The monoisotopic (exact) mass is 416 g/mol. The molecule has 158 valence electrons. The van der Waals surface area contributed by atoms with E-state index in [0.717, 1.165) is 33.8 Å². The van der Waals surface area contributed by atoms with Gasteiger partial charge in [-0.1, -0.05) is 18.2 Å². The van der Waals surface area contributed by atoms with E-state index >= 15 is 0 Å². The lowest BCUT2D eigenvalue weighted by Gasteiger charge is -2.08. The van der Waals surface area contributed by atoms with Crippen LogP contribution < -0.4 is 10.1 Å². The summed E-state index contributed by atoms with van der Waals surface area (Å²) in [5, 5.41) is 14.4. The average Bonchev–Trinajstić information content (AvgIpc) is 3.36. The van der Waals surface area contributed by atoms with Gasteiger partial charge < -0.3 is 10.1 Å². The Bertz CT molecular complexity index is 1180. The first-order chi connectivity index (χ1) is 15.0. The molecular formula is C23H24N6O2. The zero-order chi connectivity index (χ0) is 21.8. The largest absolute Gasteiger partial charge is 0.489 e. The van der Waals surface area contributed by atoms with Crippen molar-refractivity contribution in [3.63, 3.8) is 0 Å². The van der Waals surface area contributed by atoms with Gasteiger partial charge >= 0.3 is 0 Å². The van der Waals surface area contributed by atoms with E-state index in [-0.39, 0.29) is 5.91 Å². The molecule has 1 amide bonds. The summed E-state index contributed by atoms with van der Waals surface area (Å²) in [6.07, 6.45) is 3.51. The molecule has 0 aliphatic carbocycles. The van der Waals surface area contributed by atoms with Crippen LogP contribution in [0.3, 0.4) is 0 Å². The smallest absolute Gasteiger partial charge is 0.269 e. The number of rotatable bonds is 7. The molecule has 4 aromatic rings. The Morgan fingerprint density at radius 2 is 1.97 bits per heavy atom. The molecule has 8 nitrogen and oxygen atoms in total. The SMILES string of the molecule is Cc1nn(C)c(C)c1-c1cc(C(=O)NCc2ccc(OCc3cccnc3)cc2)[nH]n1. The molecule has 3 heterocycles. The summed E-state index contributed by atoms with van der Waals surface area (Å²) in [4.78, 5) is 16.6. The summed E-state index contributed by atoms with van der Waals surface area (Å²) in [6.45, 7) is 4.78. The number of aryl methyl sites for hydroxylation is 2. The number of carbonyl (C=O) groups is 1. The molecule has 0 saturated heterocycles. The van der Waals surface area contributed by atoms with Crippen LogP contribution in [0.4, 0.5) is 0 Å². The lowest BCUT2D eigenvalue weighted by Crippen LogP contribution is -2.23. The highest BCUT2D eigenvalue weighted by molar-refractivity contribution is 5.93. The number of aromatic amines is 1. The van der Waals surface area contributed by atoms with E-state index in [4.69, 9.17) is 4.74 Å². The van der Waals surface area contributed by atoms with Crippen LogP contribution in [0.2, 0.25) is 0 Å². The summed E-state index contributed by atoms with van der Waals surface area (Å²) < 4.78 is 7.57. The molecule has 8 heteroatoms. The Labute approximate surface area is 180 Å². The van der Waals surface area contributed by atoms with E-state index in [0.29, 0.717) is 24.5 Å². The maximum atomic E-state index is 12.5. The molecule has 0 aliphatic rings. The molecule has 0 aliphatic heterocycles. The van der Waals surface area contributed by atoms with Gasteiger partial charge in [0.15, 0.2) is 0 Å². The lowest BCUT2D eigenvalue weighted by atomic mass is 10.1. The molecule has 0 atom stereocenters. The number of hydrogen-bond acceptors (Lipinski definition) is 5. The van der Waals surface area contributed by atoms with Gasteiger partial charge in [-0.3, -0.25) is 19.6 Å². The number of hydrogen-bond donors (Lipinski definition) is 2. The number of carbonyl (C=O) groups excluding carboxylic acids is 1. The number of H-pyrrole nitrogens is 1. The van der Waals surface area contributed by atoms with E-state index in [2.05, 4.69) is 25.6 Å². The normalized spacial score (nSPS) is 10.8. The van der Waals surface area contributed by atoms with Crippen molar-refractivity contribution >= 4 is 5.91 Å². The quantitative estimate of drug-likeness (QED) is 0.482. The molecule has 0 saturated carbocycles. The van der Waals surface area contributed by atoms with E-state index in [1.54, 1.807) is 18.5 Å². The van der Waals surface area contributed by atoms with Crippen LogP contribution in [-0.4, -0.2) is 30.9 Å². The predicted octanol–water partition coefficient (Wildman–Crippen LogP) is 3.33. The molecule has 1 aromatic carbocycles. The first kappa shape index (κ1) is 20.3. The van der Waals surface area contributed by atoms with Crippen molar-refractivity contribution in [1.82, 2.24) is 30.3 Å². The highest BCUT2D eigenvalue weighted by Gasteiger charge is 2.17. The second-order valence-electron chi connectivity index (χ2n) is 7.31. The highest BCUT2D eigenvalue weighted by Crippen LogP contribution is 2.25. The second-order valence-corrected chi connectivity index (χ2v) is 7.31. The predicted molar refractivity (Wildman–Crippen MR) is 116 cm³/mol. The van der Waals surface area contributed by atoms with Gasteiger partial charge in [0.05, 0.1) is 11.4 Å². The molecule has 31 heavy (non-hydrogen) atoms. The molecule has 3 aromatic heterocycles. The van der Waals surface area contributed by atoms with Crippen molar-refractivity contribution in [2.75, 3.05) is 0 Å². The fourth-order valence-electron chi connectivity index (χ4n) is 3.34. The summed E-state index contributed by atoms with van der Waals surface area (Å²) >= 11 is 0. The maximum Gasteiger partial charge on any atom is 0.269 e. The minimum atomic E-state index is -0.213. The van der Waals surface area contributed by atoms with Crippen LogP contribution in [0, 0.1) is 13.8 Å². The van der Waals surface area contributed by atoms with Gasteiger partial charge in [0.1, 0.15) is 18.1 Å². The molecule has 0 fully saturated rings. The molecular weight excluding hydrogens is 392 g/mol. The van der Waals surface area contributed by atoms with Gasteiger partial charge in [0.2, 0.25) is 0 Å². The first-order valence-electron chi connectivity index (χ1n) is 9.96. The maximum absolute atomic E-state index is 12.5. The Balaban J connectivity index is 1.33. The van der Waals surface area contributed by atoms with Gasteiger partial charge in [-0.2, -0.15) is 10.2 Å². The van der Waals surface area contributed by atoms with Crippen LogP contribution in [0.5, 0.6) is 5.75 Å². The van der Waals surface area contributed by atoms with Crippen molar-refractivity contribution in [3.05, 3.63) is 83.1 Å². The fraction of sp³-hybridized carbons (Fsp3) is 0.217. The first-order valence-corrected chi connectivity index (χ1v) is 9.96. The zero-order valence-corrected chi connectivity index (χ0v) is 17.7. The number of amides is 1. The number of benzene rings is 1. The fourth-order valence-corrected chi connectivity index (χ4v) is 3.34. The third-order valence-electron chi connectivity index (χ3n) is 5.09. The lowest BCUT2D eigenvalue weighted by molar-refractivity contribution is 0.0946. The van der Waals surface area contributed by atoms with Gasteiger partial charge in [-0.15, -0.1) is 0 Å². The standard InChI is InChI=1S/C23H24N6O2/c1-15-22(16(2)29(3)28-15)20-11-21(27-26-20)23(30)25-13-17-6-8-19(9-7-17)31-14-18-5-4-10-24-12-18/h4-12H,13-14H2,1-3H3,(H,25,30)(H,26,27). The van der Waals surface area contributed by atoms with Crippen molar-refractivity contribution in [3.8, 4) is 17.0 Å². The minimum Gasteiger partial charge on any atom is -0.489 e. The average molecular weight is 416 g/mol. The van der Waals surface area contributed by atoms with Crippen molar-refractivity contribution in [2.24, 2.45) is 7.05 Å². The Hall–Kier alpha value is -3.94. The Morgan fingerprint density at radius 1 is 1.16 bits per heavy atom.